The van der Waals surface area contributed by atoms with E-state index in [4.69, 9.17) is 4.74 Å². The Morgan fingerprint density at radius 2 is 2.29 bits per heavy atom. The Morgan fingerprint density at radius 1 is 1.50 bits per heavy atom. The number of aliphatic hydroxyl groups is 1. The van der Waals surface area contributed by atoms with Gasteiger partial charge in [0.2, 0.25) is 0 Å². The molecule has 0 spiro atoms. The minimum absolute atomic E-state index is 0.196. The summed E-state index contributed by atoms with van der Waals surface area (Å²) in [6.07, 6.45) is 4.83. The molecule has 0 aromatic carbocycles. The van der Waals surface area contributed by atoms with Crippen LogP contribution in [0.3, 0.4) is 0 Å². The van der Waals surface area contributed by atoms with Crippen LogP contribution in [0.5, 0.6) is 0 Å². The van der Waals surface area contributed by atoms with Gasteiger partial charge in [0.15, 0.2) is 0 Å². The fraction of sp³-hybridized carbons (Fsp3) is 1.00. The van der Waals surface area contributed by atoms with Crippen molar-refractivity contribution in [1.82, 2.24) is 5.32 Å². The van der Waals surface area contributed by atoms with Crippen molar-refractivity contribution in [2.75, 3.05) is 13.1 Å². The van der Waals surface area contributed by atoms with E-state index in [9.17, 15) is 5.11 Å². The van der Waals surface area contributed by atoms with E-state index in [2.05, 4.69) is 19.2 Å². The molecule has 1 fully saturated rings. The summed E-state index contributed by atoms with van der Waals surface area (Å²) in [5, 5.41) is 12.7. The van der Waals surface area contributed by atoms with E-state index < -0.39 is 0 Å². The largest absolute Gasteiger partial charge is 0.392 e. The fourth-order valence-corrected chi connectivity index (χ4v) is 1.88. The van der Waals surface area contributed by atoms with E-state index in [1.54, 1.807) is 0 Å². The molecule has 3 heteroatoms. The van der Waals surface area contributed by atoms with Crippen LogP contribution in [0.2, 0.25) is 0 Å². The first-order valence-corrected chi connectivity index (χ1v) is 5.76. The van der Waals surface area contributed by atoms with Crippen molar-refractivity contribution in [2.45, 2.75) is 57.8 Å². The lowest BCUT2D eigenvalue weighted by atomic mass is 10.2. The van der Waals surface area contributed by atoms with Gasteiger partial charge in [0.1, 0.15) is 0 Å². The van der Waals surface area contributed by atoms with Crippen molar-refractivity contribution in [3.63, 3.8) is 0 Å². The van der Waals surface area contributed by atoms with Gasteiger partial charge in [-0.2, -0.15) is 0 Å². The second-order valence-electron chi connectivity index (χ2n) is 4.25. The van der Waals surface area contributed by atoms with Gasteiger partial charge in [-0.3, -0.25) is 0 Å². The highest BCUT2D eigenvalue weighted by molar-refractivity contribution is 4.73. The minimum atomic E-state index is -0.196. The predicted octanol–water partition coefficient (Wildman–Crippen LogP) is 1.30. The van der Waals surface area contributed by atoms with Gasteiger partial charge >= 0.3 is 0 Å². The number of aliphatic hydroxyl groups excluding tert-OH is 1. The number of ether oxygens (including phenoxy) is 1. The molecule has 0 aromatic heterocycles. The highest BCUT2D eigenvalue weighted by atomic mass is 16.5. The maximum absolute atomic E-state index is 9.47. The summed E-state index contributed by atoms with van der Waals surface area (Å²) in [6.45, 7) is 5.78. The molecule has 1 aliphatic rings. The SMILES string of the molecule is CCCC(O)CNCC1CCC(C)O1. The first kappa shape index (κ1) is 12.0. The van der Waals surface area contributed by atoms with Crippen LogP contribution in [0, 0.1) is 0 Å². The van der Waals surface area contributed by atoms with Gasteiger partial charge < -0.3 is 15.2 Å². The molecule has 14 heavy (non-hydrogen) atoms. The number of hydrogen-bond donors (Lipinski definition) is 2. The zero-order valence-electron chi connectivity index (χ0n) is 9.33. The molecule has 1 rings (SSSR count). The van der Waals surface area contributed by atoms with E-state index in [0.717, 1.165) is 25.8 Å². The van der Waals surface area contributed by atoms with Gasteiger partial charge in [-0.15, -0.1) is 0 Å². The molecule has 0 amide bonds. The highest BCUT2D eigenvalue weighted by Crippen LogP contribution is 2.17. The second kappa shape index (κ2) is 6.38. The van der Waals surface area contributed by atoms with Crippen LogP contribution < -0.4 is 5.32 Å². The van der Waals surface area contributed by atoms with Crippen molar-refractivity contribution in [2.24, 2.45) is 0 Å². The number of rotatable bonds is 6. The quantitative estimate of drug-likeness (QED) is 0.680. The van der Waals surface area contributed by atoms with E-state index in [1.807, 2.05) is 0 Å². The molecule has 0 radical (unpaired) electrons. The average Bonchev–Trinajstić information content (AvgIpc) is 2.52. The lowest BCUT2D eigenvalue weighted by Gasteiger charge is -2.14. The molecule has 1 aliphatic heterocycles. The predicted molar refractivity (Wildman–Crippen MR) is 57.4 cm³/mol. The zero-order chi connectivity index (χ0) is 10.4. The summed E-state index contributed by atoms with van der Waals surface area (Å²) >= 11 is 0. The summed E-state index contributed by atoms with van der Waals surface area (Å²) < 4.78 is 5.66. The first-order valence-electron chi connectivity index (χ1n) is 5.76. The molecule has 2 N–H and O–H groups in total. The molecule has 0 aromatic rings. The van der Waals surface area contributed by atoms with Crippen LogP contribution in [0.25, 0.3) is 0 Å². The van der Waals surface area contributed by atoms with Gasteiger partial charge in [-0.25, -0.2) is 0 Å². The van der Waals surface area contributed by atoms with E-state index >= 15 is 0 Å². The normalized spacial score (nSPS) is 29.4. The van der Waals surface area contributed by atoms with Crippen molar-refractivity contribution in [3.05, 3.63) is 0 Å². The van der Waals surface area contributed by atoms with Gasteiger partial charge in [0.05, 0.1) is 18.3 Å². The average molecular weight is 201 g/mol. The third-order valence-electron chi connectivity index (χ3n) is 2.69. The monoisotopic (exact) mass is 201 g/mol. The molecule has 3 atom stereocenters. The maximum atomic E-state index is 9.47. The molecule has 3 unspecified atom stereocenters. The van der Waals surface area contributed by atoms with Crippen molar-refractivity contribution in [3.8, 4) is 0 Å². The molecular weight excluding hydrogens is 178 g/mol. The van der Waals surface area contributed by atoms with Crippen LogP contribution in [0.1, 0.15) is 39.5 Å². The van der Waals surface area contributed by atoms with E-state index in [1.165, 1.54) is 6.42 Å². The second-order valence-corrected chi connectivity index (χ2v) is 4.25. The minimum Gasteiger partial charge on any atom is -0.392 e. The topological polar surface area (TPSA) is 41.5 Å². The summed E-state index contributed by atoms with van der Waals surface area (Å²) in [4.78, 5) is 0. The van der Waals surface area contributed by atoms with Gasteiger partial charge in [0, 0.05) is 13.1 Å². The molecule has 84 valence electrons. The summed E-state index contributed by atoms with van der Waals surface area (Å²) in [7, 11) is 0. The van der Waals surface area contributed by atoms with Gasteiger partial charge in [0.25, 0.3) is 0 Å². The Hall–Kier alpha value is -0.120. The van der Waals surface area contributed by atoms with E-state index in [0.29, 0.717) is 18.8 Å². The van der Waals surface area contributed by atoms with E-state index in [-0.39, 0.29) is 6.10 Å². The van der Waals surface area contributed by atoms with Crippen LogP contribution >= 0.6 is 0 Å². The Morgan fingerprint density at radius 3 is 2.86 bits per heavy atom. The molecule has 3 nitrogen and oxygen atoms in total. The number of nitrogens with one attached hydrogen (secondary N) is 1. The summed E-state index contributed by atoms with van der Waals surface area (Å²) in [5.74, 6) is 0. The molecule has 1 saturated heterocycles. The zero-order valence-corrected chi connectivity index (χ0v) is 9.33. The lowest BCUT2D eigenvalue weighted by molar-refractivity contribution is 0.0533. The molecule has 0 bridgehead atoms. The van der Waals surface area contributed by atoms with Crippen LogP contribution in [0.4, 0.5) is 0 Å². The van der Waals surface area contributed by atoms with Crippen molar-refractivity contribution >= 4 is 0 Å². The van der Waals surface area contributed by atoms with Crippen LogP contribution in [-0.2, 0) is 4.74 Å². The first-order chi connectivity index (χ1) is 6.72. The Bertz CT molecular complexity index is 152. The maximum Gasteiger partial charge on any atom is 0.0704 e. The molecule has 0 aliphatic carbocycles. The summed E-state index contributed by atoms with van der Waals surface area (Å²) in [6, 6.07) is 0. The Kier molecular flexibility index (Phi) is 5.45. The van der Waals surface area contributed by atoms with Gasteiger partial charge in [-0.1, -0.05) is 13.3 Å². The molecular formula is C11H23NO2. The standard InChI is InChI=1S/C11H23NO2/c1-3-4-10(13)7-12-8-11-6-5-9(2)14-11/h9-13H,3-8H2,1-2H3. The third-order valence-corrected chi connectivity index (χ3v) is 2.69. The number of hydrogen-bond acceptors (Lipinski definition) is 3. The molecule has 1 heterocycles. The Balaban J connectivity index is 1.98. The smallest absolute Gasteiger partial charge is 0.0704 e. The van der Waals surface area contributed by atoms with Crippen LogP contribution in [-0.4, -0.2) is 36.5 Å². The lowest BCUT2D eigenvalue weighted by Crippen LogP contribution is -2.33. The summed E-state index contributed by atoms with van der Waals surface area (Å²) in [5.41, 5.74) is 0. The third kappa shape index (κ3) is 4.40. The fourth-order valence-electron chi connectivity index (χ4n) is 1.88. The van der Waals surface area contributed by atoms with Crippen molar-refractivity contribution < 1.29 is 9.84 Å². The van der Waals surface area contributed by atoms with Crippen LogP contribution in [0.15, 0.2) is 0 Å². The van der Waals surface area contributed by atoms with Gasteiger partial charge in [-0.05, 0) is 26.2 Å². The molecule has 0 saturated carbocycles. The Labute approximate surface area is 86.8 Å². The highest BCUT2D eigenvalue weighted by Gasteiger charge is 2.21. The van der Waals surface area contributed by atoms with Crippen molar-refractivity contribution in [1.29, 1.82) is 0 Å².